The zero-order valence-electron chi connectivity index (χ0n) is 17.4. The highest BCUT2D eigenvalue weighted by molar-refractivity contribution is 5.35. The molecule has 1 aliphatic heterocycles. The third-order valence-electron chi connectivity index (χ3n) is 7.73. The molecule has 3 aliphatic rings. The normalized spacial score (nSPS) is 40.5. The van der Waals surface area contributed by atoms with E-state index in [0.29, 0.717) is 30.4 Å². The number of anilines is 1. The topological polar surface area (TPSA) is 66.6 Å². The summed E-state index contributed by atoms with van der Waals surface area (Å²) in [6, 6.07) is 3.64. The first-order valence-electron chi connectivity index (χ1n) is 10.6. The van der Waals surface area contributed by atoms with Gasteiger partial charge in [-0.1, -0.05) is 26.0 Å². The fraction of sp³-hybridized carbons (Fsp3) is 0.696. The molecule has 1 aromatic rings. The maximum Gasteiger partial charge on any atom is 0.155 e. The molecule has 0 radical (unpaired) electrons. The van der Waals surface area contributed by atoms with Gasteiger partial charge >= 0.3 is 0 Å². The Morgan fingerprint density at radius 3 is 2.93 bits per heavy atom. The lowest BCUT2D eigenvalue weighted by Crippen LogP contribution is -2.61. The highest BCUT2D eigenvalue weighted by atomic mass is 16.7. The zero-order chi connectivity index (χ0) is 19.9. The maximum absolute atomic E-state index is 6.21. The number of aromatic nitrogens is 1. The molecular formula is C23H34N2O3. The second kappa shape index (κ2) is 7.34. The van der Waals surface area contributed by atoms with Gasteiger partial charge in [0.2, 0.25) is 0 Å². The van der Waals surface area contributed by atoms with Gasteiger partial charge in [0.15, 0.2) is 6.29 Å². The van der Waals surface area contributed by atoms with Crippen molar-refractivity contribution in [1.82, 2.24) is 4.98 Å². The largest absolute Gasteiger partial charge is 0.493 e. The van der Waals surface area contributed by atoms with Crippen molar-refractivity contribution >= 4 is 5.82 Å². The third kappa shape index (κ3) is 3.33. The van der Waals surface area contributed by atoms with Crippen molar-refractivity contribution in [2.75, 3.05) is 18.9 Å². The van der Waals surface area contributed by atoms with E-state index >= 15 is 0 Å². The first-order valence-corrected chi connectivity index (χ1v) is 10.6. The maximum atomic E-state index is 6.21. The lowest BCUT2D eigenvalue weighted by molar-refractivity contribution is -0.297. The van der Waals surface area contributed by atoms with Gasteiger partial charge in [-0.15, -0.1) is 0 Å². The number of hydrogen-bond acceptors (Lipinski definition) is 5. The van der Waals surface area contributed by atoms with Crippen LogP contribution in [0.2, 0.25) is 0 Å². The molecule has 4 rings (SSSR count). The van der Waals surface area contributed by atoms with Crippen LogP contribution in [0.25, 0.3) is 0 Å². The molecule has 154 valence electrons. The number of allylic oxidation sites excluding steroid dienone is 1. The quantitative estimate of drug-likeness (QED) is 0.767. The molecule has 5 heteroatoms. The van der Waals surface area contributed by atoms with Crippen LogP contribution >= 0.6 is 0 Å². The van der Waals surface area contributed by atoms with Crippen molar-refractivity contribution in [1.29, 1.82) is 0 Å². The molecule has 2 heterocycles. The van der Waals surface area contributed by atoms with Crippen molar-refractivity contribution in [3.05, 3.63) is 30.5 Å². The molecule has 2 aliphatic carbocycles. The predicted octanol–water partition coefficient (Wildman–Crippen LogP) is 4.58. The van der Waals surface area contributed by atoms with E-state index in [1.807, 2.05) is 13.0 Å². The van der Waals surface area contributed by atoms with Gasteiger partial charge in [-0.05, 0) is 62.3 Å². The molecule has 1 saturated heterocycles. The number of rotatable bonds is 4. The van der Waals surface area contributed by atoms with Crippen LogP contribution in [0.4, 0.5) is 5.82 Å². The summed E-state index contributed by atoms with van der Waals surface area (Å²) in [5, 5.41) is 0. The molecule has 6 atom stereocenters. The lowest BCUT2D eigenvalue weighted by atomic mass is 9.46. The Morgan fingerprint density at radius 1 is 1.32 bits per heavy atom. The number of ether oxygens (including phenoxy) is 3. The summed E-state index contributed by atoms with van der Waals surface area (Å²) in [4.78, 5) is 4.03. The van der Waals surface area contributed by atoms with Crippen molar-refractivity contribution < 1.29 is 14.2 Å². The number of nitrogen functional groups attached to an aromatic ring is 1. The van der Waals surface area contributed by atoms with E-state index in [1.54, 1.807) is 12.3 Å². The molecule has 28 heavy (non-hydrogen) atoms. The van der Waals surface area contributed by atoms with E-state index in [2.05, 4.69) is 25.4 Å². The Morgan fingerprint density at radius 2 is 2.14 bits per heavy atom. The van der Waals surface area contributed by atoms with Gasteiger partial charge in [-0.2, -0.15) is 0 Å². The monoisotopic (exact) mass is 386 g/mol. The zero-order valence-corrected chi connectivity index (χ0v) is 17.4. The van der Waals surface area contributed by atoms with Crippen LogP contribution in [0, 0.1) is 22.7 Å². The van der Waals surface area contributed by atoms with Gasteiger partial charge in [-0.3, -0.25) is 0 Å². The highest BCUT2D eigenvalue weighted by Crippen LogP contribution is 2.63. The molecule has 1 unspecified atom stereocenters. The fourth-order valence-electron chi connectivity index (χ4n) is 6.30. The Kier molecular flexibility index (Phi) is 5.17. The molecular weight excluding hydrogens is 352 g/mol. The summed E-state index contributed by atoms with van der Waals surface area (Å²) in [5.74, 6) is 2.32. The van der Waals surface area contributed by atoms with Crippen LogP contribution in [0.1, 0.15) is 52.9 Å². The first kappa shape index (κ1) is 19.7. The third-order valence-corrected chi connectivity index (χ3v) is 7.73. The number of hydrogen-bond donors (Lipinski definition) is 1. The van der Waals surface area contributed by atoms with E-state index in [0.717, 1.165) is 31.6 Å². The summed E-state index contributed by atoms with van der Waals surface area (Å²) in [6.07, 6.45) is 7.43. The van der Waals surface area contributed by atoms with E-state index in [1.165, 1.54) is 18.4 Å². The van der Waals surface area contributed by atoms with Gasteiger partial charge in [0.05, 0.1) is 19.3 Å². The van der Waals surface area contributed by atoms with Crippen LogP contribution in [-0.4, -0.2) is 30.6 Å². The molecule has 0 bridgehead atoms. The van der Waals surface area contributed by atoms with Crippen molar-refractivity contribution in [3.8, 4) is 5.75 Å². The summed E-state index contributed by atoms with van der Waals surface area (Å²) >= 11 is 0. The molecule has 5 nitrogen and oxygen atoms in total. The average Bonchev–Trinajstić information content (AvgIpc) is 2.65. The second-order valence-corrected chi connectivity index (χ2v) is 9.41. The average molecular weight is 387 g/mol. The number of nitrogens with zero attached hydrogens (tertiary/aromatic N) is 1. The van der Waals surface area contributed by atoms with E-state index in [4.69, 9.17) is 19.9 Å². The smallest absolute Gasteiger partial charge is 0.155 e. The molecule has 2 N–H and O–H groups in total. The summed E-state index contributed by atoms with van der Waals surface area (Å²) in [5.41, 5.74) is 7.44. The minimum atomic E-state index is -0.0852. The standard InChI is InChI=1S/C23H34N2O3/c1-15-5-6-19-22(3,10-7-20-23(19,4)14-27-16(2)28-20)18(15)9-12-26-17-8-11-25-21(24)13-17/h8,11,13,16,18-20H,1,5-7,9-10,12,14H2,2-4H3,(H2,24,25)/t16-,18-,19?,20-,22+,23+/m1/s1. The van der Waals surface area contributed by atoms with Crippen molar-refractivity contribution in [2.45, 2.75) is 65.3 Å². The predicted molar refractivity (Wildman–Crippen MR) is 110 cm³/mol. The number of fused-ring (bicyclic) bond motifs is 3. The Bertz CT molecular complexity index is 738. The van der Waals surface area contributed by atoms with E-state index < -0.39 is 0 Å². The SMILES string of the molecule is C=C1CCC2[C@]3(C)CO[C@@H](C)O[C@@H]3CC[C@@]2(C)[C@@H]1CCOc1ccnc(N)c1. The second-order valence-electron chi connectivity index (χ2n) is 9.41. The molecule has 3 fully saturated rings. The minimum Gasteiger partial charge on any atom is -0.493 e. The molecule has 0 amide bonds. The lowest BCUT2D eigenvalue weighted by Gasteiger charge is -2.62. The van der Waals surface area contributed by atoms with Gasteiger partial charge in [0.1, 0.15) is 11.6 Å². The molecule has 0 spiro atoms. The Hall–Kier alpha value is -1.59. The van der Waals surface area contributed by atoms with Gasteiger partial charge in [0.25, 0.3) is 0 Å². The summed E-state index contributed by atoms with van der Waals surface area (Å²) in [6.45, 7) is 12.8. The van der Waals surface area contributed by atoms with Gasteiger partial charge < -0.3 is 19.9 Å². The molecule has 1 aromatic heterocycles. The van der Waals surface area contributed by atoms with Crippen LogP contribution in [0.15, 0.2) is 30.5 Å². The number of nitrogens with two attached hydrogens (primary N) is 1. The van der Waals surface area contributed by atoms with Crippen molar-refractivity contribution in [2.24, 2.45) is 22.7 Å². The van der Waals surface area contributed by atoms with E-state index in [9.17, 15) is 0 Å². The highest BCUT2D eigenvalue weighted by Gasteiger charge is 2.59. The van der Waals surface area contributed by atoms with Crippen LogP contribution in [0.5, 0.6) is 5.75 Å². The van der Waals surface area contributed by atoms with Gasteiger partial charge in [0, 0.05) is 17.7 Å². The Labute approximate surface area is 168 Å². The fourth-order valence-corrected chi connectivity index (χ4v) is 6.30. The molecule has 2 saturated carbocycles. The van der Waals surface area contributed by atoms with Crippen LogP contribution < -0.4 is 10.5 Å². The Balaban J connectivity index is 1.49. The van der Waals surface area contributed by atoms with Crippen LogP contribution in [0.3, 0.4) is 0 Å². The summed E-state index contributed by atoms with van der Waals surface area (Å²) in [7, 11) is 0. The van der Waals surface area contributed by atoms with E-state index in [-0.39, 0.29) is 17.1 Å². The number of pyridine rings is 1. The van der Waals surface area contributed by atoms with Crippen molar-refractivity contribution in [3.63, 3.8) is 0 Å². The minimum absolute atomic E-state index is 0.0822. The van der Waals surface area contributed by atoms with Gasteiger partial charge in [-0.25, -0.2) is 4.98 Å². The molecule has 0 aromatic carbocycles. The van der Waals surface area contributed by atoms with Crippen LogP contribution in [-0.2, 0) is 9.47 Å². The first-order chi connectivity index (χ1) is 13.3. The summed E-state index contributed by atoms with van der Waals surface area (Å²) < 4.78 is 18.2.